The fraction of sp³-hybridized carbons (Fsp3) is 0.263. The van der Waals surface area contributed by atoms with Gasteiger partial charge in [-0.3, -0.25) is 4.79 Å². The van der Waals surface area contributed by atoms with Gasteiger partial charge < -0.3 is 9.84 Å². The van der Waals surface area contributed by atoms with E-state index in [4.69, 9.17) is 9.84 Å². The number of Topliss-reactive ketones (excluding diaryl/α,β-unsaturated/α-hetero) is 1. The van der Waals surface area contributed by atoms with Crippen LogP contribution in [0.25, 0.3) is 0 Å². The van der Waals surface area contributed by atoms with Crippen molar-refractivity contribution in [1.82, 2.24) is 0 Å². The van der Waals surface area contributed by atoms with Crippen LogP contribution in [0.3, 0.4) is 0 Å². The summed E-state index contributed by atoms with van der Waals surface area (Å²) in [7, 11) is 0. The second-order valence-electron chi connectivity index (χ2n) is 3.91. The summed E-state index contributed by atoms with van der Waals surface area (Å²) in [6.07, 6.45) is 0. The van der Waals surface area contributed by atoms with Gasteiger partial charge in [-0.1, -0.05) is 58.0 Å². The molecule has 0 amide bonds. The Hall–Kier alpha value is -2.62. The summed E-state index contributed by atoms with van der Waals surface area (Å²) in [5.74, 6) is -0.649. The first-order chi connectivity index (χ1) is 11.2. The zero-order valence-electron chi connectivity index (χ0n) is 14.1. The molecular formula is C19H24O4. The summed E-state index contributed by atoms with van der Waals surface area (Å²) in [5, 5.41) is 8.75. The number of carbonyl (C=O) groups is 2. The summed E-state index contributed by atoms with van der Waals surface area (Å²) < 4.78 is 5.31. The Kier molecular flexibility index (Phi) is 10.6. The van der Waals surface area contributed by atoms with Gasteiger partial charge in [-0.05, 0) is 24.3 Å². The molecule has 4 nitrogen and oxygen atoms in total. The van der Waals surface area contributed by atoms with Crippen LogP contribution in [0.5, 0.6) is 5.75 Å². The molecule has 0 spiro atoms. The van der Waals surface area contributed by atoms with E-state index in [1.54, 1.807) is 24.3 Å². The molecule has 0 aromatic heterocycles. The summed E-state index contributed by atoms with van der Waals surface area (Å²) in [5.41, 5.74) is 0.770. The number of rotatable bonds is 5. The summed E-state index contributed by atoms with van der Waals surface area (Å²) >= 11 is 0. The quantitative estimate of drug-likeness (QED) is 0.812. The molecule has 1 N–H and O–H groups in total. The lowest BCUT2D eigenvalue weighted by molar-refractivity contribution is 0.0696. The molecule has 0 aliphatic heterocycles. The molecule has 0 aliphatic rings. The van der Waals surface area contributed by atoms with Crippen molar-refractivity contribution in [1.29, 1.82) is 0 Å². The van der Waals surface area contributed by atoms with Crippen molar-refractivity contribution >= 4 is 11.8 Å². The van der Waals surface area contributed by atoms with Crippen molar-refractivity contribution in [3.63, 3.8) is 0 Å². The Morgan fingerprint density at radius 2 is 1.35 bits per heavy atom. The average molecular weight is 316 g/mol. The lowest BCUT2D eigenvalue weighted by atomic mass is 10.1. The number of aromatic carboxylic acids is 1. The minimum absolute atomic E-state index is 0.0730. The molecule has 0 bridgehead atoms. The average Bonchev–Trinajstić information content (AvgIpc) is 2.64. The molecule has 2 rings (SSSR count). The molecule has 4 heteroatoms. The predicted octanol–water partition coefficient (Wildman–Crippen LogP) is 4.70. The van der Waals surface area contributed by atoms with Gasteiger partial charge in [0.1, 0.15) is 5.75 Å². The highest BCUT2D eigenvalue weighted by Crippen LogP contribution is 2.12. The maximum Gasteiger partial charge on any atom is 0.335 e. The number of ether oxygens (including phenoxy) is 1. The third kappa shape index (κ3) is 7.27. The number of benzene rings is 2. The van der Waals surface area contributed by atoms with E-state index in [1.165, 1.54) is 24.3 Å². The van der Waals surface area contributed by atoms with Gasteiger partial charge in [0.15, 0.2) is 12.4 Å². The molecule has 0 saturated heterocycles. The molecule has 0 heterocycles. The van der Waals surface area contributed by atoms with Crippen LogP contribution in [0.1, 0.15) is 48.4 Å². The third-order valence-electron chi connectivity index (χ3n) is 2.57. The molecule has 124 valence electrons. The first kappa shape index (κ1) is 20.4. The third-order valence-corrected chi connectivity index (χ3v) is 2.57. The largest absolute Gasteiger partial charge is 0.485 e. The van der Waals surface area contributed by atoms with Gasteiger partial charge in [0.25, 0.3) is 0 Å². The van der Waals surface area contributed by atoms with E-state index in [9.17, 15) is 9.59 Å². The lowest BCUT2D eigenvalue weighted by Gasteiger charge is -2.05. The Balaban J connectivity index is 0.00000112. The summed E-state index contributed by atoms with van der Waals surface area (Å²) in [6, 6.07) is 14.8. The Morgan fingerprint density at radius 1 is 0.826 bits per heavy atom. The topological polar surface area (TPSA) is 63.6 Å². The number of carbonyl (C=O) groups excluding carboxylic acids is 1. The zero-order chi connectivity index (χ0) is 17.7. The van der Waals surface area contributed by atoms with Crippen LogP contribution in [-0.4, -0.2) is 23.5 Å². The summed E-state index contributed by atoms with van der Waals surface area (Å²) in [6.45, 7) is 7.93. The van der Waals surface area contributed by atoms with Gasteiger partial charge in [0, 0.05) is 5.56 Å². The monoisotopic (exact) mass is 316 g/mol. The highest BCUT2D eigenvalue weighted by molar-refractivity contribution is 5.97. The van der Waals surface area contributed by atoms with Crippen molar-refractivity contribution in [2.45, 2.75) is 27.7 Å². The first-order valence-corrected chi connectivity index (χ1v) is 7.71. The van der Waals surface area contributed by atoms with Crippen molar-refractivity contribution in [3.05, 3.63) is 65.7 Å². The molecule has 23 heavy (non-hydrogen) atoms. The van der Waals surface area contributed by atoms with Crippen molar-refractivity contribution in [3.8, 4) is 5.75 Å². The van der Waals surface area contributed by atoms with Gasteiger partial charge in [-0.25, -0.2) is 4.79 Å². The van der Waals surface area contributed by atoms with Crippen molar-refractivity contribution in [2.24, 2.45) is 0 Å². The molecule has 0 radical (unpaired) electrons. The normalized spacial score (nSPS) is 8.70. The minimum atomic E-state index is -0.994. The van der Waals surface area contributed by atoms with Crippen LogP contribution in [0, 0.1) is 0 Å². The number of ketones is 1. The van der Waals surface area contributed by atoms with Crippen LogP contribution in [0.4, 0.5) is 0 Å². The first-order valence-electron chi connectivity index (χ1n) is 7.71. The molecule has 0 fully saturated rings. The van der Waals surface area contributed by atoms with Gasteiger partial charge in [-0.15, -0.1) is 0 Å². The molecule has 0 unspecified atom stereocenters. The molecule has 0 aliphatic carbocycles. The van der Waals surface area contributed by atoms with Crippen LogP contribution >= 0.6 is 0 Å². The zero-order valence-corrected chi connectivity index (χ0v) is 14.1. The SMILES string of the molecule is CC.CC.O=C(O)c1ccc(OCC(=O)c2ccccc2)cc1. The number of carboxylic acid groups (broad SMARTS) is 1. The predicted molar refractivity (Wildman–Crippen MR) is 92.4 cm³/mol. The molecule has 2 aromatic rings. The van der Waals surface area contributed by atoms with E-state index in [1.807, 2.05) is 33.8 Å². The van der Waals surface area contributed by atoms with Crippen LogP contribution < -0.4 is 4.74 Å². The molecule has 0 saturated carbocycles. The fourth-order valence-electron chi connectivity index (χ4n) is 1.55. The lowest BCUT2D eigenvalue weighted by Crippen LogP contribution is -2.11. The number of hydrogen-bond acceptors (Lipinski definition) is 3. The maximum atomic E-state index is 11.8. The Bertz CT molecular complexity index is 574. The second kappa shape index (κ2) is 12.0. The van der Waals surface area contributed by atoms with E-state index >= 15 is 0 Å². The second-order valence-corrected chi connectivity index (χ2v) is 3.91. The Labute approximate surface area is 137 Å². The minimum Gasteiger partial charge on any atom is -0.485 e. The van der Waals surface area contributed by atoms with Crippen LogP contribution in [0.15, 0.2) is 54.6 Å². The molecule has 0 atom stereocenters. The van der Waals surface area contributed by atoms with E-state index in [0.717, 1.165) is 0 Å². The highest BCUT2D eigenvalue weighted by atomic mass is 16.5. The number of hydrogen-bond donors (Lipinski definition) is 1. The maximum absolute atomic E-state index is 11.8. The van der Waals surface area contributed by atoms with Crippen LogP contribution in [0.2, 0.25) is 0 Å². The standard InChI is InChI=1S/C15H12O4.2C2H6/c16-14(11-4-2-1-3-5-11)10-19-13-8-6-12(7-9-13)15(17)18;2*1-2/h1-9H,10H2,(H,17,18);2*1-2H3. The van der Waals surface area contributed by atoms with Crippen molar-refractivity contribution in [2.75, 3.05) is 6.61 Å². The smallest absolute Gasteiger partial charge is 0.335 e. The molecule has 2 aromatic carbocycles. The van der Waals surface area contributed by atoms with Crippen LogP contribution in [-0.2, 0) is 0 Å². The van der Waals surface area contributed by atoms with E-state index in [0.29, 0.717) is 11.3 Å². The molecular weight excluding hydrogens is 292 g/mol. The van der Waals surface area contributed by atoms with E-state index in [-0.39, 0.29) is 18.0 Å². The van der Waals surface area contributed by atoms with Gasteiger partial charge in [-0.2, -0.15) is 0 Å². The Morgan fingerprint density at radius 3 is 1.83 bits per heavy atom. The van der Waals surface area contributed by atoms with Crippen molar-refractivity contribution < 1.29 is 19.4 Å². The van der Waals surface area contributed by atoms with Gasteiger partial charge in [0.2, 0.25) is 0 Å². The van der Waals surface area contributed by atoms with Gasteiger partial charge >= 0.3 is 5.97 Å². The summed E-state index contributed by atoms with van der Waals surface area (Å²) in [4.78, 5) is 22.4. The fourth-order valence-corrected chi connectivity index (χ4v) is 1.55. The number of carboxylic acids is 1. The van der Waals surface area contributed by atoms with Gasteiger partial charge in [0.05, 0.1) is 5.56 Å². The highest BCUT2D eigenvalue weighted by Gasteiger charge is 2.07. The van der Waals surface area contributed by atoms with E-state index in [2.05, 4.69) is 0 Å². The van der Waals surface area contributed by atoms with E-state index < -0.39 is 5.97 Å².